The first-order chi connectivity index (χ1) is 8.93. The molecule has 1 rings (SSSR count). The zero-order valence-corrected chi connectivity index (χ0v) is 11.2. The van der Waals surface area contributed by atoms with Gasteiger partial charge in [0.05, 0.1) is 5.92 Å². The van der Waals surface area contributed by atoms with Crippen molar-refractivity contribution in [3.8, 4) is 0 Å². The molecule has 3 amide bonds. The Morgan fingerprint density at radius 3 is 2.53 bits per heavy atom. The van der Waals surface area contributed by atoms with Crippen molar-refractivity contribution in [1.29, 1.82) is 0 Å². The third-order valence-corrected chi connectivity index (χ3v) is 3.35. The average molecular weight is 271 g/mol. The van der Waals surface area contributed by atoms with Crippen LogP contribution in [0.25, 0.3) is 0 Å². The maximum Gasteiger partial charge on any atom is 0.315 e. The van der Waals surface area contributed by atoms with Crippen LogP contribution in [0.1, 0.15) is 32.6 Å². The second kappa shape index (κ2) is 6.96. The summed E-state index contributed by atoms with van der Waals surface area (Å²) in [6.45, 7) is 1.58. The van der Waals surface area contributed by atoms with Crippen molar-refractivity contribution in [2.75, 3.05) is 7.05 Å². The molecule has 0 heterocycles. The van der Waals surface area contributed by atoms with Crippen LogP contribution in [0.3, 0.4) is 0 Å². The molecule has 0 aromatic heterocycles. The van der Waals surface area contributed by atoms with Gasteiger partial charge in [-0.25, -0.2) is 4.79 Å². The van der Waals surface area contributed by atoms with Crippen molar-refractivity contribution in [2.24, 2.45) is 5.92 Å². The summed E-state index contributed by atoms with van der Waals surface area (Å²) in [6, 6.07) is -1.21. The number of carbonyl (C=O) groups is 3. The highest BCUT2D eigenvalue weighted by Crippen LogP contribution is 2.24. The number of carboxylic acids is 1. The first-order valence-corrected chi connectivity index (χ1v) is 6.45. The fourth-order valence-corrected chi connectivity index (χ4v) is 2.25. The van der Waals surface area contributed by atoms with Gasteiger partial charge in [-0.15, -0.1) is 0 Å². The van der Waals surface area contributed by atoms with Gasteiger partial charge in [0.15, 0.2) is 0 Å². The maximum absolute atomic E-state index is 11.7. The summed E-state index contributed by atoms with van der Waals surface area (Å²) < 4.78 is 0. The van der Waals surface area contributed by atoms with Gasteiger partial charge in [0.2, 0.25) is 5.91 Å². The van der Waals surface area contributed by atoms with Crippen LogP contribution in [0.2, 0.25) is 0 Å². The Labute approximate surface area is 112 Å². The summed E-state index contributed by atoms with van der Waals surface area (Å²) >= 11 is 0. The predicted molar refractivity (Wildman–Crippen MR) is 68.6 cm³/mol. The molecule has 0 aliphatic heterocycles. The van der Waals surface area contributed by atoms with Crippen LogP contribution in [0.5, 0.6) is 0 Å². The summed E-state index contributed by atoms with van der Waals surface area (Å²) in [4.78, 5) is 33.8. The topological polar surface area (TPSA) is 108 Å². The molecule has 19 heavy (non-hydrogen) atoms. The number of hydrogen-bond acceptors (Lipinski definition) is 3. The summed E-state index contributed by atoms with van der Waals surface area (Å²) in [6.07, 6.45) is 2.65. The smallest absolute Gasteiger partial charge is 0.315 e. The van der Waals surface area contributed by atoms with Gasteiger partial charge in [0.1, 0.15) is 6.04 Å². The lowest BCUT2D eigenvalue weighted by Gasteiger charge is -2.27. The molecule has 0 bridgehead atoms. The Morgan fingerprint density at radius 2 is 1.95 bits per heavy atom. The monoisotopic (exact) mass is 271 g/mol. The number of amides is 3. The summed E-state index contributed by atoms with van der Waals surface area (Å²) in [5, 5.41) is 16.6. The van der Waals surface area contributed by atoms with Crippen LogP contribution in [0, 0.1) is 5.92 Å². The van der Waals surface area contributed by atoms with Gasteiger partial charge in [0, 0.05) is 13.1 Å². The van der Waals surface area contributed by atoms with Gasteiger partial charge < -0.3 is 21.1 Å². The van der Waals surface area contributed by atoms with E-state index in [-0.39, 0.29) is 11.9 Å². The molecule has 108 valence electrons. The lowest BCUT2D eigenvalue weighted by molar-refractivity contribution is -0.143. The largest absolute Gasteiger partial charge is 0.481 e. The summed E-state index contributed by atoms with van der Waals surface area (Å²) in [5.41, 5.74) is 0. The molecule has 0 aromatic rings. The van der Waals surface area contributed by atoms with E-state index in [1.807, 2.05) is 0 Å². The normalized spacial score (nSPS) is 24.1. The van der Waals surface area contributed by atoms with Crippen molar-refractivity contribution in [2.45, 2.75) is 44.7 Å². The minimum atomic E-state index is -0.814. The zero-order chi connectivity index (χ0) is 14.4. The molecule has 3 atom stereocenters. The van der Waals surface area contributed by atoms with Crippen LogP contribution >= 0.6 is 0 Å². The van der Waals surface area contributed by atoms with Crippen molar-refractivity contribution < 1.29 is 19.5 Å². The number of hydrogen-bond donors (Lipinski definition) is 4. The van der Waals surface area contributed by atoms with Gasteiger partial charge in [-0.3, -0.25) is 9.59 Å². The highest BCUT2D eigenvalue weighted by molar-refractivity contribution is 5.86. The van der Waals surface area contributed by atoms with E-state index >= 15 is 0 Å². The van der Waals surface area contributed by atoms with E-state index in [1.165, 1.54) is 7.05 Å². The van der Waals surface area contributed by atoms with Crippen molar-refractivity contribution in [3.63, 3.8) is 0 Å². The summed E-state index contributed by atoms with van der Waals surface area (Å²) in [7, 11) is 1.50. The third-order valence-electron chi connectivity index (χ3n) is 3.35. The van der Waals surface area contributed by atoms with Gasteiger partial charge >= 0.3 is 12.0 Å². The highest BCUT2D eigenvalue weighted by Gasteiger charge is 2.28. The Balaban J connectivity index is 2.39. The number of likely N-dealkylation sites (N-methyl/N-ethyl adjacent to an activating group) is 1. The molecule has 1 fully saturated rings. The molecule has 7 nitrogen and oxygen atoms in total. The number of carbonyl (C=O) groups excluding carboxylic acids is 2. The summed E-state index contributed by atoms with van der Waals surface area (Å²) in [5.74, 6) is -1.48. The van der Waals surface area contributed by atoms with E-state index in [4.69, 9.17) is 5.11 Å². The predicted octanol–water partition coefficient (Wildman–Crippen LogP) is 0.0635. The van der Waals surface area contributed by atoms with Crippen LogP contribution in [0.4, 0.5) is 4.79 Å². The third kappa shape index (κ3) is 4.76. The van der Waals surface area contributed by atoms with Crippen molar-refractivity contribution in [1.82, 2.24) is 16.0 Å². The number of urea groups is 1. The molecule has 3 unspecified atom stereocenters. The average Bonchev–Trinajstić information content (AvgIpc) is 2.37. The minimum absolute atomic E-state index is 0.147. The quantitative estimate of drug-likeness (QED) is 0.580. The number of aliphatic carboxylic acids is 1. The van der Waals surface area contributed by atoms with Crippen LogP contribution < -0.4 is 16.0 Å². The van der Waals surface area contributed by atoms with Crippen molar-refractivity contribution in [3.05, 3.63) is 0 Å². The van der Waals surface area contributed by atoms with E-state index < -0.39 is 24.0 Å². The van der Waals surface area contributed by atoms with E-state index in [1.54, 1.807) is 6.92 Å². The molecular weight excluding hydrogens is 250 g/mol. The lowest BCUT2D eigenvalue weighted by atomic mass is 9.86. The SMILES string of the molecule is CNC(=O)C(C)NC(=O)NC1CCCC(C(=O)O)C1. The fourth-order valence-electron chi connectivity index (χ4n) is 2.25. The van der Waals surface area contributed by atoms with Gasteiger partial charge in [-0.1, -0.05) is 6.42 Å². The molecular formula is C12H21N3O4. The van der Waals surface area contributed by atoms with E-state index in [9.17, 15) is 14.4 Å². The standard InChI is InChI=1S/C12H21N3O4/c1-7(10(16)13-2)14-12(19)15-9-5-3-4-8(6-9)11(17)18/h7-9H,3-6H2,1-2H3,(H,13,16)(H,17,18)(H2,14,15,19). The van der Waals surface area contributed by atoms with Gasteiger partial charge in [-0.05, 0) is 26.2 Å². The lowest BCUT2D eigenvalue weighted by Crippen LogP contribution is -2.51. The van der Waals surface area contributed by atoms with Gasteiger partial charge in [0.25, 0.3) is 0 Å². The molecule has 7 heteroatoms. The van der Waals surface area contributed by atoms with Crippen molar-refractivity contribution >= 4 is 17.9 Å². The number of carboxylic acid groups (broad SMARTS) is 1. The molecule has 0 aromatic carbocycles. The Bertz CT molecular complexity index is 359. The van der Waals surface area contributed by atoms with Crippen LogP contribution in [0.15, 0.2) is 0 Å². The molecule has 1 aliphatic rings. The number of rotatable bonds is 4. The fraction of sp³-hybridized carbons (Fsp3) is 0.750. The van der Waals surface area contributed by atoms with Crippen LogP contribution in [-0.2, 0) is 9.59 Å². The first-order valence-electron chi connectivity index (χ1n) is 6.45. The maximum atomic E-state index is 11.7. The molecule has 0 saturated heterocycles. The Kier molecular flexibility index (Phi) is 5.59. The Morgan fingerprint density at radius 1 is 1.26 bits per heavy atom. The van der Waals surface area contributed by atoms with Crippen LogP contribution in [-0.4, -0.2) is 42.1 Å². The number of nitrogens with one attached hydrogen (secondary N) is 3. The highest BCUT2D eigenvalue weighted by atomic mass is 16.4. The molecule has 0 spiro atoms. The second-order valence-electron chi connectivity index (χ2n) is 4.85. The van der Waals surface area contributed by atoms with E-state index in [2.05, 4.69) is 16.0 Å². The first kappa shape index (κ1) is 15.3. The minimum Gasteiger partial charge on any atom is -0.481 e. The molecule has 1 saturated carbocycles. The molecule has 0 radical (unpaired) electrons. The van der Waals surface area contributed by atoms with E-state index in [0.29, 0.717) is 12.8 Å². The Hall–Kier alpha value is -1.79. The molecule has 4 N–H and O–H groups in total. The molecule has 1 aliphatic carbocycles. The zero-order valence-electron chi connectivity index (χ0n) is 11.2. The van der Waals surface area contributed by atoms with E-state index in [0.717, 1.165) is 12.8 Å². The van der Waals surface area contributed by atoms with Gasteiger partial charge in [-0.2, -0.15) is 0 Å². The second-order valence-corrected chi connectivity index (χ2v) is 4.85.